The van der Waals surface area contributed by atoms with E-state index < -0.39 is 18.1 Å². The number of carbonyl (C=O) groups excluding carboxylic acids is 2. The minimum absolute atomic E-state index is 0.304. The molecule has 0 bridgehead atoms. The SMILES string of the molecule is CCOC(=O)C(CC)NC(=O)OC. The molecule has 1 atom stereocenters. The number of methoxy groups -OCH3 is 1. The second-order valence-electron chi connectivity index (χ2n) is 2.35. The van der Waals surface area contributed by atoms with Crippen LogP contribution < -0.4 is 5.32 Å². The molecular formula is C8H15NO4. The Bertz CT molecular complexity index is 181. The average molecular weight is 189 g/mol. The lowest BCUT2D eigenvalue weighted by molar-refractivity contribution is -0.145. The fourth-order valence-electron chi connectivity index (χ4n) is 0.772. The van der Waals surface area contributed by atoms with E-state index in [0.717, 1.165) is 0 Å². The first-order chi connectivity index (χ1) is 6.15. The van der Waals surface area contributed by atoms with E-state index in [-0.39, 0.29) is 0 Å². The van der Waals surface area contributed by atoms with Gasteiger partial charge in [-0.1, -0.05) is 6.92 Å². The third-order valence-electron chi connectivity index (χ3n) is 1.46. The molecular weight excluding hydrogens is 174 g/mol. The average Bonchev–Trinajstić information content (AvgIpc) is 2.14. The fraction of sp³-hybridized carbons (Fsp3) is 0.750. The van der Waals surface area contributed by atoms with Crippen molar-refractivity contribution in [2.45, 2.75) is 26.3 Å². The minimum atomic E-state index is -0.625. The molecule has 5 nitrogen and oxygen atoms in total. The van der Waals surface area contributed by atoms with E-state index in [4.69, 9.17) is 4.74 Å². The molecule has 1 amide bonds. The normalized spacial score (nSPS) is 11.6. The van der Waals surface area contributed by atoms with Crippen molar-refractivity contribution in [1.29, 1.82) is 0 Å². The number of esters is 1. The number of nitrogens with one attached hydrogen (secondary N) is 1. The molecule has 0 spiro atoms. The van der Waals surface area contributed by atoms with Gasteiger partial charge in [0.1, 0.15) is 6.04 Å². The van der Waals surface area contributed by atoms with Crippen LogP contribution in [-0.4, -0.2) is 31.8 Å². The maximum atomic E-state index is 11.1. The van der Waals surface area contributed by atoms with Crippen molar-refractivity contribution in [2.75, 3.05) is 13.7 Å². The van der Waals surface area contributed by atoms with Crippen molar-refractivity contribution in [3.05, 3.63) is 0 Å². The predicted octanol–water partition coefficient (Wildman–Crippen LogP) is 0.684. The topological polar surface area (TPSA) is 64.6 Å². The molecule has 0 aliphatic carbocycles. The molecule has 13 heavy (non-hydrogen) atoms. The molecule has 0 aromatic rings. The van der Waals surface area contributed by atoms with Crippen LogP contribution in [0.3, 0.4) is 0 Å². The molecule has 0 rings (SSSR count). The third kappa shape index (κ3) is 4.35. The summed E-state index contributed by atoms with van der Waals surface area (Å²) in [6.45, 7) is 3.79. The summed E-state index contributed by atoms with van der Waals surface area (Å²) in [5.41, 5.74) is 0. The molecule has 0 saturated carbocycles. The van der Waals surface area contributed by atoms with Gasteiger partial charge < -0.3 is 14.8 Å². The van der Waals surface area contributed by atoms with Crippen molar-refractivity contribution in [3.63, 3.8) is 0 Å². The highest BCUT2D eigenvalue weighted by molar-refractivity contribution is 5.81. The van der Waals surface area contributed by atoms with Crippen LogP contribution in [0.25, 0.3) is 0 Å². The van der Waals surface area contributed by atoms with Gasteiger partial charge in [0.05, 0.1) is 13.7 Å². The third-order valence-corrected chi connectivity index (χ3v) is 1.46. The summed E-state index contributed by atoms with van der Waals surface area (Å²) in [4.78, 5) is 21.9. The van der Waals surface area contributed by atoms with Gasteiger partial charge in [0.25, 0.3) is 0 Å². The molecule has 0 aromatic heterocycles. The van der Waals surface area contributed by atoms with Crippen LogP contribution in [0, 0.1) is 0 Å². The summed E-state index contributed by atoms with van der Waals surface area (Å²) in [5, 5.41) is 2.37. The van der Waals surface area contributed by atoms with E-state index in [2.05, 4.69) is 10.1 Å². The van der Waals surface area contributed by atoms with E-state index in [1.165, 1.54) is 7.11 Å². The van der Waals surface area contributed by atoms with Gasteiger partial charge in [-0.15, -0.1) is 0 Å². The Morgan fingerprint density at radius 3 is 2.38 bits per heavy atom. The number of hydrogen-bond donors (Lipinski definition) is 1. The molecule has 0 aliphatic heterocycles. The lowest BCUT2D eigenvalue weighted by atomic mass is 10.2. The number of hydrogen-bond acceptors (Lipinski definition) is 4. The van der Waals surface area contributed by atoms with Gasteiger partial charge in [-0.05, 0) is 13.3 Å². The van der Waals surface area contributed by atoms with Crippen molar-refractivity contribution in [2.24, 2.45) is 0 Å². The highest BCUT2D eigenvalue weighted by Gasteiger charge is 2.19. The Kier molecular flexibility index (Phi) is 5.67. The summed E-state index contributed by atoms with van der Waals surface area (Å²) >= 11 is 0. The molecule has 5 heteroatoms. The minimum Gasteiger partial charge on any atom is -0.464 e. The molecule has 0 radical (unpaired) electrons. The van der Waals surface area contributed by atoms with Crippen molar-refractivity contribution in [1.82, 2.24) is 5.32 Å². The lowest BCUT2D eigenvalue weighted by Crippen LogP contribution is -2.41. The summed E-state index contributed by atoms with van der Waals surface area (Å²) in [6.07, 6.45) is -0.145. The Hall–Kier alpha value is -1.26. The Morgan fingerprint density at radius 1 is 1.38 bits per heavy atom. The first-order valence-electron chi connectivity index (χ1n) is 4.16. The highest BCUT2D eigenvalue weighted by Crippen LogP contribution is 1.95. The second-order valence-corrected chi connectivity index (χ2v) is 2.35. The van der Waals surface area contributed by atoms with Crippen molar-refractivity contribution < 1.29 is 19.1 Å². The quantitative estimate of drug-likeness (QED) is 0.660. The molecule has 1 unspecified atom stereocenters. The van der Waals surface area contributed by atoms with E-state index in [1.54, 1.807) is 13.8 Å². The van der Waals surface area contributed by atoms with E-state index in [9.17, 15) is 9.59 Å². The number of alkyl carbamates (subject to hydrolysis) is 1. The number of ether oxygens (including phenoxy) is 2. The Balaban J connectivity index is 4.01. The molecule has 1 N–H and O–H groups in total. The smallest absolute Gasteiger partial charge is 0.407 e. The summed E-state index contributed by atoms with van der Waals surface area (Å²) in [5.74, 6) is -0.435. The molecule has 0 saturated heterocycles. The van der Waals surface area contributed by atoms with Crippen molar-refractivity contribution >= 4 is 12.1 Å². The molecule has 0 aromatic carbocycles. The zero-order valence-electron chi connectivity index (χ0n) is 8.12. The zero-order valence-corrected chi connectivity index (χ0v) is 8.12. The first kappa shape index (κ1) is 11.7. The molecule has 0 aliphatic rings. The maximum Gasteiger partial charge on any atom is 0.407 e. The number of rotatable bonds is 4. The Morgan fingerprint density at radius 2 is 2.00 bits per heavy atom. The summed E-state index contributed by atoms with van der Waals surface area (Å²) < 4.78 is 9.08. The molecule has 76 valence electrons. The van der Waals surface area contributed by atoms with E-state index >= 15 is 0 Å². The van der Waals surface area contributed by atoms with Gasteiger partial charge in [-0.25, -0.2) is 9.59 Å². The fourth-order valence-corrected chi connectivity index (χ4v) is 0.772. The zero-order chi connectivity index (χ0) is 10.3. The van der Waals surface area contributed by atoms with Crippen LogP contribution in [0.4, 0.5) is 4.79 Å². The Labute approximate surface area is 77.4 Å². The van der Waals surface area contributed by atoms with Gasteiger partial charge in [-0.2, -0.15) is 0 Å². The predicted molar refractivity (Wildman–Crippen MR) is 46.3 cm³/mol. The maximum absolute atomic E-state index is 11.1. The van der Waals surface area contributed by atoms with Crippen LogP contribution in [0.1, 0.15) is 20.3 Å². The molecule has 0 fully saturated rings. The molecule has 0 heterocycles. The highest BCUT2D eigenvalue weighted by atomic mass is 16.5. The van der Waals surface area contributed by atoms with Crippen LogP contribution >= 0.6 is 0 Å². The van der Waals surface area contributed by atoms with Crippen LogP contribution in [0.2, 0.25) is 0 Å². The van der Waals surface area contributed by atoms with Crippen LogP contribution in [0.15, 0.2) is 0 Å². The van der Waals surface area contributed by atoms with Gasteiger partial charge >= 0.3 is 12.1 Å². The van der Waals surface area contributed by atoms with Crippen molar-refractivity contribution in [3.8, 4) is 0 Å². The monoisotopic (exact) mass is 189 g/mol. The summed E-state index contributed by atoms with van der Waals surface area (Å²) in [6, 6.07) is -0.618. The second kappa shape index (κ2) is 6.28. The van der Waals surface area contributed by atoms with Crippen LogP contribution in [-0.2, 0) is 14.3 Å². The summed E-state index contributed by atoms with van der Waals surface area (Å²) in [7, 11) is 1.24. The van der Waals surface area contributed by atoms with Crippen LogP contribution in [0.5, 0.6) is 0 Å². The van der Waals surface area contributed by atoms with E-state index in [1.807, 2.05) is 0 Å². The van der Waals surface area contributed by atoms with Gasteiger partial charge in [0, 0.05) is 0 Å². The lowest BCUT2D eigenvalue weighted by Gasteiger charge is -2.13. The van der Waals surface area contributed by atoms with Gasteiger partial charge in [-0.3, -0.25) is 0 Å². The number of amides is 1. The van der Waals surface area contributed by atoms with Gasteiger partial charge in [0.15, 0.2) is 0 Å². The standard InChI is InChI=1S/C8H15NO4/c1-4-6(7(10)13-5-2)9-8(11)12-3/h6H,4-5H2,1-3H3,(H,9,11). The van der Waals surface area contributed by atoms with E-state index in [0.29, 0.717) is 13.0 Å². The first-order valence-corrected chi connectivity index (χ1v) is 4.16. The largest absolute Gasteiger partial charge is 0.464 e. The number of carbonyl (C=O) groups is 2. The van der Waals surface area contributed by atoms with Gasteiger partial charge in [0.2, 0.25) is 0 Å².